The van der Waals surface area contributed by atoms with E-state index in [4.69, 9.17) is 5.10 Å². The van der Waals surface area contributed by atoms with Crippen LogP contribution in [0.5, 0.6) is 0 Å². The van der Waals surface area contributed by atoms with Gasteiger partial charge in [0.15, 0.2) is 5.69 Å². The molecule has 0 bridgehead atoms. The number of anilines is 1. The van der Waals surface area contributed by atoms with Gasteiger partial charge in [0.25, 0.3) is 11.8 Å². The summed E-state index contributed by atoms with van der Waals surface area (Å²) in [5, 5.41) is 21.0. The van der Waals surface area contributed by atoms with Gasteiger partial charge in [-0.25, -0.2) is 4.68 Å². The number of aromatic nitrogens is 2. The zero-order valence-corrected chi connectivity index (χ0v) is 29.8. The quantitative estimate of drug-likeness (QED) is 0.120. The number of hydrogen-bond acceptors (Lipinski definition) is 7. The molecule has 0 spiro atoms. The second-order valence-corrected chi connectivity index (χ2v) is 13.2. The number of benzene rings is 3. The molecule has 4 aromatic rings. The van der Waals surface area contributed by atoms with Crippen LogP contribution < -0.4 is 5.32 Å². The summed E-state index contributed by atoms with van der Waals surface area (Å²) in [4.78, 5) is 55.5. The van der Waals surface area contributed by atoms with Crippen LogP contribution in [0, 0.1) is 11.8 Å². The normalized spacial score (nSPS) is 13.8. The van der Waals surface area contributed by atoms with E-state index < -0.39 is 6.04 Å². The molecule has 2 N–H and O–H groups in total. The van der Waals surface area contributed by atoms with E-state index in [1.165, 1.54) is 0 Å². The molecule has 0 radical (unpaired) electrons. The van der Waals surface area contributed by atoms with Gasteiger partial charge >= 0.3 is 0 Å². The second-order valence-electron chi connectivity index (χ2n) is 13.2. The smallest absolute Gasteiger partial charge is 0.274 e. The number of rotatable bonds is 16. The SMILES string of the molecule is CCCCN(CCCC)C(=O)c1cc(C)n(-c2ccc(NC(=O)CCCc3ccc(N=O)cc3)cc2C(=O)N2Cc3ccccc3C[C@H]2CO)n1. The number of carbonyl (C=O) groups is 3. The molecule has 1 aromatic heterocycles. The Hall–Kier alpha value is -5.16. The van der Waals surface area contributed by atoms with E-state index in [0.717, 1.165) is 42.4 Å². The first-order chi connectivity index (χ1) is 24.8. The van der Waals surface area contributed by atoms with Crippen molar-refractivity contribution in [1.82, 2.24) is 19.6 Å². The topological polar surface area (TPSA) is 137 Å². The Morgan fingerprint density at radius 2 is 1.65 bits per heavy atom. The minimum atomic E-state index is -0.434. The lowest BCUT2D eigenvalue weighted by atomic mass is 9.93. The van der Waals surface area contributed by atoms with Crippen LogP contribution in [0.2, 0.25) is 0 Å². The second kappa shape index (κ2) is 17.7. The lowest BCUT2D eigenvalue weighted by Crippen LogP contribution is -2.46. The van der Waals surface area contributed by atoms with Crippen LogP contribution in [-0.2, 0) is 24.2 Å². The summed E-state index contributed by atoms with van der Waals surface area (Å²) in [6.45, 7) is 7.49. The molecule has 0 fully saturated rings. The molecule has 51 heavy (non-hydrogen) atoms. The lowest BCUT2D eigenvalue weighted by Gasteiger charge is -2.36. The summed E-state index contributed by atoms with van der Waals surface area (Å²) in [7, 11) is 0. The molecule has 1 aliphatic heterocycles. The first-order valence-corrected chi connectivity index (χ1v) is 18.0. The van der Waals surface area contributed by atoms with Crippen molar-refractivity contribution >= 4 is 29.1 Å². The number of unbranched alkanes of at least 4 members (excludes halogenated alkanes) is 2. The number of aryl methyl sites for hydroxylation is 2. The Labute approximate surface area is 299 Å². The molecule has 3 aromatic carbocycles. The third-order valence-corrected chi connectivity index (χ3v) is 9.43. The highest BCUT2D eigenvalue weighted by Gasteiger charge is 2.32. The molecule has 1 aliphatic rings. The molecule has 268 valence electrons. The van der Waals surface area contributed by atoms with Gasteiger partial charge in [-0.1, -0.05) is 63.1 Å². The summed E-state index contributed by atoms with van der Waals surface area (Å²) in [5.74, 6) is -0.645. The molecule has 11 nitrogen and oxygen atoms in total. The number of carbonyl (C=O) groups excluding carboxylic acids is 3. The predicted octanol–water partition coefficient (Wildman–Crippen LogP) is 7.14. The number of hydrogen-bond donors (Lipinski definition) is 2. The van der Waals surface area contributed by atoms with Gasteiger partial charge in [0.1, 0.15) is 5.69 Å². The standard InChI is InChI=1S/C40H48N6O5/c1-4-6-21-44(22-7-5-2)40(50)36-23-28(3)46(42-36)37-20-19-33(41-38(48)14-10-11-29-15-17-32(43-51)18-16-29)25-35(37)39(49)45-26-31-13-9-8-12-30(31)24-34(45)27-47/h8-9,12-13,15-20,23,25,34,47H,4-7,10-11,14,21-22,24,26-27H2,1-3H3,(H,41,48)/t34-/m0/s1. The number of nitroso groups, excluding NO2 is 1. The van der Waals surface area contributed by atoms with E-state index >= 15 is 0 Å². The van der Waals surface area contributed by atoms with Crippen molar-refractivity contribution < 1.29 is 19.5 Å². The van der Waals surface area contributed by atoms with Gasteiger partial charge in [-0.3, -0.25) is 14.4 Å². The molecule has 0 saturated carbocycles. The number of fused-ring (bicyclic) bond motifs is 1. The fraction of sp³-hybridized carbons (Fsp3) is 0.400. The molecule has 5 rings (SSSR count). The van der Waals surface area contributed by atoms with E-state index in [2.05, 4.69) is 24.3 Å². The molecular weight excluding hydrogens is 644 g/mol. The molecule has 2 heterocycles. The maximum Gasteiger partial charge on any atom is 0.274 e. The van der Waals surface area contributed by atoms with Gasteiger partial charge in [0.2, 0.25) is 5.91 Å². The highest BCUT2D eigenvalue weighted by molar-refractivity contribution is 6.01. The van der Waals surface area contributed by atoms with E-state index in [1.807, 2.05) is 48.2 Å². The average molecular weight is 693 g/mol. The first kappa shape index (κ1) is 37.1. The maximum absolute atomic E-state index is 14.5. The molecular formula is C40H48N6O5. The lowest BCUT2D eigenvalue weighted by molar-refractivity contribution is -0.116. The number of amides is 3. The first-order valence-electron chi connectivity index (χ1n) is 18.0. The summed E-state index contributed by atoms with van der Waals surface area (Å²) < 4.78 is 1.63. The van der Waals surface area contributed by atoms with Crippen LogP contribution in [0.4, 0.5) is 11.4 Å². The van der Waals surface area contributed by atoms with Crippen LogP contribution in [-0.4, -0.2) is 68.1 Å². The monoisotopic (exact) mass is 692 g/mol. The van der Waals surface area contributed by atoms with Gasteiger partial charge < -0.3 is 20.2 Å². The predicted molar refractivity (Wildman–Crippen MR) is 198 cm³/mol. The van der Waals surface area contributed by atoms with Crippen molar-refractivity contribution in [3.8, 4) is 5.69 Å². The zero-order valence-electron chi connectivity index (χ0n) is 29.8. The number of aliphatic hydroxyl groups excluding tert-OH is 1. The van der Waals surface area contributed by atoms with Crippen LogP contribution in [0.1, 0.15) is 95.6 Å². The van der Waals surface area contributed by atoms with Crippen LogP contribution >= 0.6 is 0 Å². The van der Waals surface area contributed by atoms with Crippen molar-refractivity contribution in [2.24, 2.45) is 5.18 Å². The zero-order chi connectivity index (χ0) is 36.3. The van der Waals surface area contributed by atoms with Gasteiger partial charge in [-0.15, -0.1) is 4.91 Å². The fourth-order valence-corrected chi connectivity index (χ4v) is 6.51. The molecule has 0 saturated heterocycles. The largest absolute Gasteiger partial charge is 0.394 e. The number of nitrogens with one attached hydrogen (secondary N) is 1. The molecule has 3 amide bonds. The Morgan fingerprint density at radius 3 is 2.31 bits per heavy atom. The summed E-state index contributed by atoms with van der Waals surface area (Å²) in [5.41, 5.74) is 5.71. The van der Waals surface area contributed by atoms with Crippen LogP contribution in [0.3, 0.4) is 0 Å². The number of aliphatic hydroxyl groups is 1. The fourth-order valence-electron chi connectivity index (χ4n) is 6.51. The summed E-state index contributed by atoms with van der Waals surface area (Å²) in [6, 6.07) is 21.3. The highest BCUT2D eigenvalue weighted by Crippen LogP contribution is 2.29. The summed E-state index contributed by atoms with van der Waals surface area (Å²) in [6.07, 6.45) is 5.77. The van der Waals surface area contributed by atoms with Gasteiger partial charge in [-0.2, -0.15) is 5.10 Å². The van der Waals surface area contributed by atoms with Gasteiger partial charge in [0, 0.05) is 37.4 Å². The number of nitrogens with zero attached hydrogens (tertiary/aromatic N) is 5. The molecule has 11 heteroatoms. The van der Waals surface area contributed by atoms with E-state index in [0.29, 0.717) is 72.9 Å². The van der Waals surface area contributed by atoms with Crippen LogP contribution in [0.15, 0.2) is 78.0 Å². The van der Waals surface area contributed by atoms with Crippen molar-refractivity contribution in [3.63, 3.8) is 0 Å². The van der Waals surface area contributed by atoms with Gasteiger partial charge in [0.05, 0.1) is 23.9 Å². The third kappa shape index (κ3) is 9.15. The van der Waals surface area contributed by atoms with Crippen molar-refractivity contribution in [2.75, 3.05) is 25.0 Å². The van der Waals surface area contributed by atoms with Crippen LogP contribution in [0.25, 0.3) is 5.69 Å². The summed E-state index contributed by atoms with van der Waals surface area (Å²) >= 11 is 0. The Balaban J connectivity index is 1.43. The minimum Gasteiger partial charge on any atom is -0.394 e. The molecule has 0 unspecified atom stereocenters. The third-order valence-electron chi connectivity index (χ3n) is 9.43. The molecule has 0 aliphatic carbocycles. The van der Waals surface area contributed by atoms with E-state index in [9.17, 15) is 24.4 Å². The van der Waals surface area contributed by atoms with E-state index in [1.54, 1.807) is 46.0 Å². The Bertz CT molecular complexity index is 1830. The average Bonchev–Trinajstić information content (AvgIpc) is 3.55. The van der Waals surface area contributed by atoms with Crippen molar-refractivity contribution in [2.45, 2.75) is 84.7 Å². The van der Waals surface area contributed by atoms with E-state index in [-0.39, 0.29) is 30.7 Å². The molecule has 1 atom stereocenters. The van der Waals surface area contributed by atoms with Gasteiger partial charge in [-0.05, 0) is 97.3 Å². The van der Waals surface area contributed by atoms with Crippen molar-refractivity contribution in [3.05, 3.63) is 111 Å². The Morgan fingerprint density at radius 1 is 0.941 bits per heavy atom. The van der Waals surface area contributed by atoms with Crippen molar-refractivity contribution in [1.29, 1.82) is 0 Å². The highest BCUT2D eigenvalue weighted by atomic mass is 16.3. The Kier molecular flexibility index (Phi) is 12.9. The maximum atomic E-state index is 14.5. The minimum absolute atomic E-state index is 0.139.